The van der Waals surface area contributed by atoms with Crippen LogP contribution >= 0.6 is 11.3 Å². The lowest BCUT2D eigenvalue weighted by atomic mass is 9.72. The third-order valence-electron chi connectivity index (χ3n) is 5.53. The molecule has 0 saturated carbocycles. The Balaban J connectivity index is 1.85. The number of nitrogens with two attached hydrogens (primary N) is 1. The number of carbonyl (C=O) groups is 2. The average Bonchev–Trinajstić information content (AvgIpc) is 3.03. The summed E-state index contributed by atoms with van der Waals surface area (Å²) in [5.74, 6) is 0.464. The predicted molar refractivity (Wildman–Crippen MR) is 118 cm³/mol. The van der Waals surface area contributed by atoms with E-state index < -0.39 is 5.91 Å². The molecule has 29 heavy (non-hydrogen) atoms. The number of fused-ring (bicyclic) bond motifs is 1. The van der Waals surface area contributed by atoms with Crippen LogP contribution in [0, 0.1) is 11.3 Å². The van der Waals surface area contributed by atoms with E-state index in [1.807, 2.05) is 13.0 Å². The molecule has 0 spiro atoms. The summed E-state index contributed by atoms with van der Waals surface area (Å²) in [6, 6.07) is 7.08. The maximum Gasteiger partial charge on any atom is 0.256 e. The molecule has 1 heterocycles. The molecule has 3 N–H and O–H groups in total. The Morgan fingerprint density at radius 1 is 1.31 bits per heavy atom. The lowest BCUT2D eigenvalue weighted by Gasteiger charge is -2.33. The molecule has 6 heteroatoms. The fraction of sp³-hybridized carbons (Fsp3) is 0.478. The molecule has 2 aromatic rings. The van der Waals surface area contributed by atoms with Gasteiger partial charge in [0.1, 0.15) is 10.8 Å². The van der Waals surface area contributed by atoms with Crippen molar-refractivity contribution in [2.75, 3.05) is 11.9 Å². The minimum absolute atomic E-state index is 0.205. The Kier molecular flexibility index (Phi) is 6.32. The second-order valence-corrected chi connectivity index (χ2v) is 9.81. The molecule has 2 amide bonds. The molecule has 0 fully saturated rings. The van der Waals surface area contributed by atoms with E-state index in [0.717, 1.165) is 31.2 Å². The topological polar surface area (TPSA) is 81.4 Å². The van der Waals surface area contributed by atoms with Crippen molar-refractivity contribution in [1.82, 2.24) is 0 Å². The molecule has 0 aliphatic heterocycles. The first-order valence-electron chi connectivity index (χ1n) is 10.2. The Bertz CT molecular complexity index is 911. The first-order chi connectivity index (χ1) is 13.7. The number of rotatable bonds is 6. The van der Waals surface area contributed by atoms with E-state index in [1.54, 1.807) is 18.2 Å². The third kappa shape index (κ3) is 4.81. The zero-order chi connectivity index (χ0) is 21.2. The van der Waals surface area contributed by atoms with Gasteiger partial charge in [-0.2, -0.15) is 0 Å². The standard InChI is InChI=1S/C23H30N2O3S/c1-5-11-28-16-8-6-7-14(12-16)21(27)25-22-19(20(24)26)17-10-9-15(23(2,3)4)13-18(17)29-22/h6-8,12,15H,5,9-11,13H2,1-4H3,(H2,24,26)(H,25,27). The number of anilines is 1. The van der Waals surface area contributed by atoms with Crippen molar-refractivity contribution in [2.24, 2.45) is 17.1 Å². The van der Waals surface area contributed by atoms with Crippen molar-refractivity contribution in [3.63, 3.8) is 0 Å². The summed E-state index contributed by atoms with van der Waals surface area (Å²) in [6.07, 6.45) is 3.66. The van der Waals surface area contributed by atoms with Gasteiger partial charge in [-0.15, -0.1) is 11.3 Å². The lowest BCUT2D eigenvalue weighted by Crippen LogP contribution is -2.27. The van der Waals surface area contributed by atoms with Crippen molar-refractivity contribution in [2.45, 2.75) is 53.4 Å². The predicted octanol–water partition coefficient (Wildman–Crippen LogP) is 5.04. The highest BCUT2D eigenvalue weighted by Crippen LogP contribution is 2.44. The van der Waals surface area contributed by atoms with Crippen LogP contribution in [0.15, 0.2) is 24.3 Å². The summed E-state index contributed by atoms with van der Waals surface area (Å²) in [5, 5.41) is 3.48. The zero-order valence-corrected chi connectivity index (χ0v) is 18.4. The second kappa shape index (κ2) is 8.57. The fourth-order valence-electron chi connectivity index (χ4n) is 3.80. The van der Waals surface area contributed by atoms with E-state index in [0.29, 0.717) is 34.4 Å². The van der Waals surface area contributed by atoms with Gasteiger partial charge in [0.15, 0.2) is 0 Å². The molecule has 1 aromatic carbocycles. The Morgan fingerprint density at radius 2 is 2.07 bits per heavy atom. The highest BCUT2D eigenvalue weighted by Gasteiger charge is 2.33. The van der Waals surface area contributed by atoms with Gasteiger partial charge in [0.2, 0.25) is 0 Å². The summed E-state index contributed by atoms with van der Waals surface area (Å²) >= 11 is 1.49. The molecule has 3 rings (SSSR count). The maximum absolute atomic E-state index is 12.8. The number of ether oxygens (including phenoxy) is 1. The minimum Gasteiger partial charge on any atom is -0.494 e. The minimum atomic E-state index is -0.480. The Labute approximate surface area is 176 Å². The van der Waals surface area contributed by atoms with Gasteiger partial charge >= 0.3 is 0 Å². The van der Waals surface area contributed by atoms with Crippen LogP contribution < -0.4 is 15.8 Å². The molecule has 5 nitrogen and oxygen atoms in total. The van der Waals surface area contributed by atoms with Crippen LogP contribution in [0.3, 0.4) is 0 Å². The van der Waals surface area contributed by atoms with Gasteiger partial charge in [-0.3, -0.25) is 9.59 Å². The van der Waals surface area contributed by atoms with Crippen LogP contribution in [0.4, 0.5) is 5.00 Å². The second-order valence-electron chi connectivity index (χ2n) is 8.71. The third-order valence-corrected chi connectivity index (χ3v) is 6.70. The van der Waals surface area contributed by atoms with E-state index in [1.165, 1.54) is 16.2 Å². The molecule has 0 bridgehead atoms. The summed E-state index contributed by atoms with van der Waals surface area (Å²) in [4.78, 5) is 26.2. The van der Waals surface area contributed by atoms with Crippen molar-refractivity contribution in [1.29, 1.82) is 0 Å². The zero-order valence-electron chi connectivity index (χ0n) is 17.6. The Hall–Kier alpha value is -2.34. The van der Waals surface area contributed by atoms with E-state index >= 15 is 0 Å². The van der Waals surface area contributed by atoms with Crippen LogP contribution in [0.25, 0.3) is 0 Å². The van der Waals surface area contributed by atoms with Gasteiger partial charge in [0, 0.05) is 10.4 Å². The van der Waals surface area contributed by atoms with Crippen LogP contribution in [0.1, 0.15) is 71.7 Å². The molecule has 1 atom stereocenters. The van der Waals surface area contributed by atoms with E-state index in [9.17, 15) is 9.59 Å². The molecule has 156 valence electrons. The van der Waals surface area contributed by atoms with Gasteiger partial charge in [0.05, 0.1) is 12.2 Å². The number of nitrogens with one attached hydrogen (secondary N) is 1. The first kappa shape index (κ1) is 21.4. The normalized spacial score (nSPS) is 16.2. The monoisotopic (exact) mass is 414 g/mol. The molecular weight excluding hydrogens is 384 g/mol. The first-order valence-corrected chi connectivity index (χ1v) is 11.0. The van der Waals surface area contributed by atoms with Crippen molar-refractivity contribution in [3.05, 3.63) is 45.8 Å². The van der Waals surface area contributed by atoms with Crippen LogP contribution in [0.2, 0.25) is 0 Å². The van der Waals surface area contributed by atoms with Gasteiger partial charge in [-0.25, -0.2) is 0 Å². The van der Waals surface area contributed by atoms with Crippen molar-refractivity contribution >= 4 is 28.2 Å². The summed E-state index contributed by atoms with van der Waals surface area (Å²) in [7, 11) is 0. The summed E-state index contributed by atoms with van der Waals surface area (Å²) in [5.41, 5.74) is 7.88. The number of amides is 2. The van der Waals surface area contributed by atoms with Crippen LogP contribution in [-0.2, 0) is 12.8 Å². The molecule has 1 aliphatic carbocycles. The Morgan fingerprint density at radius 3 is 2.72 bits per heavy atom. The number of primary amides is 1. The average molecular weight is 415 g/mol. The van der Waals surface area contributed by atoms with Crippen molar-refractivity contribution in [3.8, 4) is 5.75 Å². The summed E-state index contributed by atoms with van der Waals surface area (Å²) < 4.78 is 5.62. The van der Waals surface area contributed by atoms with Gasteiger partial charge in [0.25, 0.3) is 11.8 Å². The number of thiophene rings is 1. The number of benzene rings is 1. The number of hydrogen-bond donors (Lipinski definition) is 2. The van der Waals surface area contributed by atoms with Gasteiger partial charge < -0.3 is 15.8 Å². The molecular formula is C23H30N2O3S. The maximum atomic E-state index is 12.8. The number of carbonyl (C=O) groups excluding carboxylic acids is 2. The lowest BCUT2D eigenvalue weighted by molar-refractivity contribution is 0.1000. The highest BCUT2D eigenvalue weighted by atomic mass is 32.1. The smallest absolute Gasteiger partial charge is 0.256 e. The molecule has 0 saturated heterocycles. The molecule has 1 aliphatic rings. The summed E-state index contributed by atoms with van der Waals surface area (Å²) in [6.45, 7) is 9.39. The quantitative estimate of drug-likeness (QED) is 0.695. The largest absolute Gasteiger partial charge is 0.494 e. The van der Waals surface area contributed by atoms with Crippen LogP contribution in [-0.4, -0.2) is 18.4 Å². The fourth-order valence-corrected chi connectivity index (χ4v) is 5.12. The molecule has 1 unspecified atom stereocenters. The van der Waals surface area contributed by atoms with Crippen molar-refractivity contribution < 1.29 is 14.3 Å². The van der Waals surface area contributed by atoms with Crippen LogP contribution in [0.5, 0.6) is 5.75 Å². The SMILES string of the molecule is CCCOc1cccc(C(=O)Nc2sc3c(c2C(N)=O)CCC(C(C)(C)C)C3)c1. The van der Waals surface area contributed by atoms with E-state index in [-0.39, 0.29) is 11.3 Å². The van der Waals surface area contributed by atoms with E-state index in [2.05, 4.69) is 26.1 Å². The van der Waals surface area contributed by atoms with Gasteiger partial charge in [-0.1, -0.05) is 33.8 Å². The highest BCUT2D eigenvalue weighted by molar-refractivity contribution is 7.17. The number of hydrogen-bond acceptors (Lipinski definition) is 4. The molecule has 1 aromatic heterocycles. The van der Waals surface area contributed by atoms with E-state index in [4.69, 9.17) is 10.5 Å². The van der Waals surface area contributed by atoms with Gasteiger partial charge in [-0.05, 0) is 60.8 Å². The molecule has 0 radical (unpaired) electrons.